The van der Waals surface area contributed by atoms with E-state index in [1.165, 1.54) is 6.07 Å². The molecule has 0 amide bonds. The molecule has 0 aromatic heterocycles. The van der Waals surface area contributed by atoms with Crippen molar-refractivity contribution < 1.29 is 4.39 Å². The summed E-state index contributed by atoms with van der Waals surface area (Å²) < 4.78 is 14.0. The number of benzene rings is 2. The summed E-state index contributed by atoms with van der Waals surface area (Å²) in [6, 6.07) is 14.5. The summed E-state index contributed by atoms with van der Waals surface area (Å²) in [6.07, 6.45) is 0. The molecule has 2 unspecified atom stereocenters. The van der Waals surface area contributed by atoms with Gasteiger partial charge in [-0.05, 0) is 24.6 Å². The Hall–Kier alpha value is -1.42. The normalized spacial score (nSPS) is 14.0. The molecule has 2 aromatic carbocycles. The maximum Gasteiger partial charge on any atom is 0.129 e. The van der Waals surface area contributed by atoms with Crippen LogP contribution in [0.5, 0.6) is 0 Å². The van der Waals surface area contributed by atoms with E-state index in [0.717, 1.165) is 5.56 Å². The Labute approximate surface area is 123 Å². The van der Waals surface area contributed by atoms with E-state index in [9.17, 15) is 4.39 Å². The minimum atomic E-state index is -0.333. The van der Waals surface area contributed by atoms with Crippen molar-refractivity contribution >= 4 is 11.6 Å². The van der Waals surface area contributed by atoms with Crippen molar-refractivity contribution in [1.29, 1.82) is 0 Å². The van der Waals surface area contributed by atoms with Crippen LogP contribution in [0.15, 0.2) is 48.5 Å². The van der Waals surface area contributed by atoms with Crippen LogP contribution >= 0.6 is 11.6 Å². The topological polar surface area (TPSA) is 38.0 Å². The lowest BCUT2D eigenvalue weighted by molar-refractivity contribution is 0.455. The molecule has 0 saturated heterocycles. The summed E-state index contributed by atoms with van der Waals surface area (Å²) in [5.41, 5.74) is 7.46. The van der Waals surface area contributed by atoms with Crippen LogP contribution in [-0.2, 0) is 0 Å². The summed E-state index contributed by atoms with van der Waals surface area (Å²) in [4.78, 5) is 0. The molecule has 3 N–H and O–H groups in total. The van der Waals surface area contributed by atoms with Crippen molar-refractivity contribution in [2.45, 2.75) is 19.0 Å². The van der Waals surface area contributed by atoms with Gasteiger partial charge in [0.15, 0.2) is 0 Å². The van der Waals surface area contributed by atoms with Crippen LogP contribution < -0.4 is 11.1 Å². The van der Waals surface area contributed by atoms with Gasteiger partial charge in [0, 0.05) is 29.2 Å². The second-order valence-corrected chi connectivity index (χ2v) is 5.19. The first-order valence-corrected chi connectivity index (χ1v) is 6.95. The van der Waals surface area contributed by atoms with Gasteiger partial charge in [-0.25, -0.2) is 4.39 Å². The molecule has 2 rings (SSSR count). The smallest absolute Gasteiger partial charge is 0.129 e. The van der Waals surface area contributed by atoms with Gasteiger partial charge in [-0.1, -0.05) is 48.0 Å². The molecular weight excluding hydrogens is 275 g/mol. The molecular formula is C16H18ClFN2. The number of hydrogen-bond donors (Lipinski definition) is 2. The summed E-state index contributed by atoms with van der Waals surface area (Å²) in [6.45, 7) is 2.35. The summed E-state index contributed by atoms with van der Waals surface area (Å²) in [5.74, 6) is -0.333. The molecule has 0 heterocycles. The van der Waals surface area contributed by atoms with E-state index in [2.05, 4.69) is 5.32 Å². The molecule has 0 aliphatic carbocycles. The van der Waals surface area contributed by atoms with Crippen molar-refractivity contribution in [2.24, 2.45) is 5.73 Å². The van der Waals surface area contributed by atoms with E-state index < -0.39 is 0 Å². The minimum absolute atomic E-state index is 0.0832. The fourth-order valence-electron chi connectivity index (χ4n) is 2.21. The molecule has 2 atom stereocenters. The van der Waals surface area contributed by atoms with Gasteiger partial charge >= 0.3 is 0 Å². The standard InChI is InChI=1S/C16H18ClFN2/c1-11(12-5-3-2-4-6-12)20-16(10-19)14-8-7-13(17)9-15(14)18/h2-9,11,16,20H,10,19H2,1H3. The molecule has 0 aliphatic heterocycles. The number of nitrogens with two attached hydrogens (primary N) is 1. The van der Waals surface area contributed by atoms with E-state index in [1.807, 2.05) is 37.3 Å². The monoisotopic (exact) mass is 292 g/mol. The molecule has 0 fully saturated rings. The van der Waals surface area contributed by atoms with Gasteiger partial charge in [0.05, 0.1) is 0 Å². The van der Waals surface area contributed by atoms with Crippen molar-refractivity contribution in [2.75, 3.05) is 6.54 Å². The van der Waals surface area contributed by atoms with Gasteiger partial charge in [-0.2, -0.15) is 0 Å². The molecule has 0 spiro atoms. The number of nitrogens with one attached hydrogen (secondary N) is 1. The maximum atomic E-state index is 14.0. The Morgan fingerprint density at radius 1 is 1.20 bits per heavy atom. The number of halogens is 2. The predicted molar refractivity (Wildman–Crippen MR) is 81.2 cm³/mol. The van der Waals surface area contributed by atoms with Gasteiger partial charge in [0.2, 0.25) is 0 Å². The molecule has 106 valence electrons. The van der Waals surface area contributed by atoms with Crippen LogP contribution in [0.1, 0.15) is 30.1 Å². The molecule has 0 radical (unpaired) electrons. The van der Waals surface area contributed by atoms with Crippen molar-refractivity contribution in [1.82, 2.24) is 5.32 Å². The zero-order valence-corrected chi connectivity index (χ0v) is 12.1. The quantitative estimate of drug-likeness (QED) is 0.879. The van der Waals surface area contributed by atoms with E-state index in [0.29, 0.717) is 17.1 Å². The SMILES string of the molecule is CC(NC(CN)c1ccc(Cl)cc1F)c1ccccc1. The first-order chi connectivity index (χ1) is 9.61. The highest BCUT2D eigenvalue weighted by Gasteiger charge is 2.17. The summed E-state index contributed by atoms with van der Waals surface area (Å²) in [7, 11) is 0. The lowest BCUT2D eigenvalue weighted by atomic mass is 10.0. The number of hydrogen-bond acceptors (Lipinski definition) is 2. The maximum absolute atomic E-state index is 14.0. The van der Waals surface area contributed by atoms with Crippen LogP contribution in [0.3, 0.4) is 0 Å². The van der Waals surface area contributed by atoms with Gasteiger partial charge in [0.1, 0.15) is 5.82 Å². The Balaban J connectivity index is 2.17. The van der Waals surface area contributed by atoms with Gasteiger partial charge in [-0.3, -0.25) is 0 Å². The van der Waals surface area contributed by atoms with Crippen LogP contribution in [0.25, 0.3) is 0 Å². The average Bonchev–Trinajstić information content (AvgIpc) is 2.46. The van der Waals surface area contributed by atoms with Crippen LogP contribution in [0.2, 0.25) is 5.02 Å². The van der Waals surface area contributed by atoms with E-state index in [-0.39, 0.29) is 17.9 Å². The molecule has 2 nitrogen and oxygen atoms in total. The molecule has 2 aromatic rings. The highest BCUT2D eigenvalue weighted by atomic mass is 35.5. The molecule has 4 heteroatoms. The van der Waals surface area contributed by atoms with Crippen molar-refractivity contribution in [3.05, 3.63) is 70.5 Å². The Kier molecular flexibility index (Phi) is 5.12. The average molecular weight is 293 g/mol. The minimum Gasteiger partial charge on any atom is -0.329 e. The Morgan fingerprint density at radius 2 is 1.90 bits per heavy atom. The first kappa shape index (κ1) is 15.0. The molecule has 0 aliphatic rings. The predicted octanol–water partition coefficient (Wildman–Crippen LogP) is 3.83. The summed E-state index contributed by atoms with van der Waals surface area (Å²) in [5, 5.41) is 3.74. The molecule has 20 heavy (non-hydrogen) atoms. The van der Waals surface area contributed by atoms with Crippen molar-refractivity contribution in [3.63, 3.8) is 0 Å². The molecule has 0 bridgehead atoms. The highest BCUT2D eigenvalue weighted by Crippen LogP contribution is 2.23. The fourth-order valence-corrected chi connectivity index (χ4v) is 2.37. The van der Waals surface area contributed by atoms with E-state index in [1.54, 1.807) is 12.1 Å². The fraction of sp³-hybridized carbons (Fsp3) is 0.250. The highest BCUT2D eigenvalue weighted by molar-refractivity contribution is 6.30. The van der Waals surface area contributed by atoms with Crippen LogP contribution in [0, 0.1) is 5.82 Å². The van der Waals surface area contributed by atoms with Gasteiger partial charge < -0.3 is 11.1 Å². The summed E-state index contributed by atoms with van der Waals surface area (Å²) >= 11 is 5.77. The molecule has 0 saturated carbocycles. The van der Waals surface area contributed by atoms with Crippen LogP contribution in [-0.4, -0.2) is 6.54 Å². The van der Waals surface area contributed by atoms with E-state index >= 15 is 0 Å². The first-order valence-electron chi connectivity index (χ1n) is 6.58. The largest absolute Gasteiger partial charge is 0.329 e. The lowest BCUT2D eigenvalue weighted by Crippen LogP contribution is -2.31. The number of rotatable bonds is 5. The van der Waals surface area contributed by atoms with Crippen LogP contribution in [0.4, 0.5) is 4.39 Å². The lowest BCUT2D eigenvalue weighted by Gasteiger charge is -2.23. The van der Waals surface area contributed by atoms with Crippen molar-refractivity contribution in [3.8, 4) is 0 Å². The Morgan fingerprint density at radius 3 is 2.50 bits per heavy atom. The zero-order valence-electron chi connectivity index (χ0n) is 11.3. The van der Waals surface area contributed by atoms with E-state index in [4.69, 9.17) is 17.3 Å². The third kappa shape index (κ3) is 3.57. The second-order valence-electron chi connectivity index (χ2n) is 4.75. The van der Waals surface area contributed by atoms with Gasteiger partial charge in [0.25, 0.3) is 0 Å². The zero-order chi connectivity index (χ0) is 14.5. The third-order valence-electron chi connectivity index (χ3n) is 3.32. The third-order valence-corrected chi connectivity index (χ3v) is 3.56. The Bertz CT molecular complexity index is 560. The second kappa shape index (κ2) is 6.84. The van der Waals surface area contributed by atoms with Gasteiger partial charge in [-0.15, -0.1) is 0 Å².